The summed E-state index contributed by atoms with van der Waals surface area (Å²) in [6, 6.07) is 12.9. The van der Waals surface area contributed by atoms with Gasteiger partial charge in [0, 0.05) is 0 Å². The van der Waals surface area contributed by atoms with Gasteiger partial charge in [0.25, 0.3) is 0 Å². The van der Waals surface area contributed by atoms with E-state index in [1.807, 2.05) is 0 Å². The van der Waals surface area contributed by atoms with E-state index in [2.05, 4.69) is 10.5 Å². The quantitative estimate of drug-likeness (QED) is 0.645. The van der Waals surface area contributed by atoms with E-state index in [1.54, 1.807) is 36.4 Å². The molecule has 0 fully saturated rings. The van der Waals surface area contributed by atoms with Crippen LogP contribution in [0.2, 0.25) is 0 Å². The van der Waals surface area contributed by atoms with Crippen LogP contribution in [-0.2, 0) is 0 Å². The summed E-state index contributed by atoms with van der Waals surface area (Å²) in [6.45, 7) is 0. The Morgan fingerprint density at radius 1 is 1.16 bits per heavy atom. The van der Waals surface area contributed by atoms with Gasteiger partial charge in [0.2, 0.25) is 0 Å². The van der Waals surface area contributed by atoms with Gasteiger partial charge in [-0.05, 0) is 17.7 Å². The lowest BCUT2D eigenvalue weighted by Crippen LogP contribution is -2.02. The van der Waals surface area contributed by atoms with Crippen molar-refractivity contribution in [3.63, 3.8) is 0 Å². The van der Waals surface area contributed by atoms with E-state index in [-0.39, 0.29) is 11.3 Å². The number of carboxylic acids is 1. The first kappa shape index (κ1) is 12.6. The van der Waals surface area contributed by atoms with Crippen LogP contribution in [0.15, 0.2) is 53.6 Å². The molecule has 2 rings (SSSR count). The fourth-order valence-electron chi connectivity index (χ4n) is 1.53. The topological polar surface area (TPSA) is 84.8 Å². The Hall–Kier alpha value is -2.82. The summed E-state index contributed by atoms with van der Waals surface area (Å²) in [7, 11) is 0. The average Bonchev–Trinajstić information content (AvgIpc) is 2.41. The molecule has 0 aromatic heterocycles. The molecule has 5 heteroatoms. The summed E-state index contributed by atoms with van der Waals surface area (Å²) < 4.78 is 0. The average molecular weight is 255 g/mol. The summed E-state index contributed by atoms with van der Waals surface area (Å²) in [5.41, 5.74) is 3.54. The van der Waals surface area contributed by atoms with E-state index in [1.165, 1.54) is 18.3 Å². The zero-order chi connectivity index (χ0) is 13.7. The molecule has 0 aliphatic carbocycles. The van der Waals surface area contributed by atoms with Crippen molar-refractivity contribution in [3.8, 4) is 5.75 Å². The molecule has 0 saturated carbocycles. The van der Waals surface area contributed by atoms with Crippen molar-refractivity contribution >= 4 is 17.9 Å². The lowest BCUT2D eigenvalue weighted by molar-refractivity contribution is -0.268. The molecule has 2 N–H and O–H groups in total. The van der Waals surface area contributed by atoms with Crippen molar-refractivity contribution < 1.29 is 15.0 Å². The van der Waals surface area contributed by atoms with Gasteiger partial charge in [0.15, 0.2) is 0 Å². The van der Waals surface area contributed by atoms with Crippen molar-refractivity contribution in [1.82, 2.24) is 0 Å². The lowest BCUT2D eigenvalue weighted by atomic mass is 10.2. The number of rotatable bonds is 4. The van der Waals surface area contributed by atoms with Crippen LogP contribution in [0.5, 0.6) is 5.75 Å². The second kappa shape index (κ2) is 5.68. The van der Waals surface area contributed by atoms with Crippen LogP contribution in [0, 0.1) is 0 Å². The summed E-state index contributed by atoms with van der Waals surface area (Å²) in [6.07, 6.45) is 1.36. The van der Waals surface area contributed by atoms with Gasteiger partial charge in [-0.25, -0.2) is 4.79 Å². The normalized spacial score (nSPS) is 10.5. The fraction of sp³-hybridized carbons (Fsp3) is 0. The highest BCUT2D eigenvalue weighted by Gasteiger charge is 2.07. The molecule has 0 bridgehead atoms. The number of benzene rings is 2. The molecule has 0 aliphatic rings. The highest BCUT2D eigenvalue weighted by molar-refractivity contribution is 5.94. The van der Waals surface area contributed by atoms with Crippen molar-refractivity contribution in [3.05, 3.63) is 59.7 Å². The van der Waals surface area contributed by atoms with Crippen molar-refractivity contribution in [2.24, 2.45) is 5.10 Å². The van der Waals surface area contributed by atoms with E-state index < -0.39 is 5.97 Å². The molecular weight excluding hydrogens is 244 g/mol. The second-order valence-corrected chi connectivity index (χ2v) is 3.76. The van der Waals surface area contributed by atoms with Crippen LogP contribution >= 0.6 is 0 Å². The smallest absolute Gasteiger partial charge is 0.337 e. The summed E-state index contributed by atoms with van der Waals surface area (Å²) in [4.78, 5) is 11.0. The maximum atomic E-state index is 11.4. The first-order valence-electron chi connectivity index (χ1n) is 5.56. The number of aromatic carboxylic acids is 1. The molecule has 19 heavy (non-hydrogen) atoms. The van der Waals surface area contributed by atoms with Crippen LogP contribution in [0.25, 0.3) is 0 Å². The summed E-state index contributed by atoms with van der Waals surface area (Å²) in [5, 5.41) is 24.3. The number of anilines is 1. The number of carbonyl (C=O) groups is 1. The van der Waals surface area contributed by atoms with Crippen LogP contribution in [-0.4, -0.2) is 17.3 Å². The minimum atomic E-state index is -1.04. The molecule has 0 radical (unpaired) electrons. The van der Waals surface area contributed by atoms with E-state index in [4.69, 9.17) is 5.11 Å². The number of hydrogen-bond donors (Lipinski definition) is 2. The molecule has 2 aromatic rings. The maximum Gasteiger partial charge on any atom is 0.337 e. The minimum absolute atomic E-state index is 0.120. The van der Waals surface area contributed by atoms with Crippen LogP contribution in [0.3, 0.4) is 0 Å². The third-order valence-electron chi connectivity index (χ3n) is 2.47. The van der Waals surface area contributed by atoms with E-state index in [0.717, 1.165) is 0 Å². The number of para-hydroxylation sites is 2. The minimum Gasteiger partial charge on any atom is -0.872 e. The number of hydrazone groups is 1. The Morgan fingerprint density at radius 2 is 1.84 bits per heavy atom. The van der Waals surface area contributed by atoms with Gasteiger partial charge in [-0.15, -0.1) is 0 Å². The Morgan fingerprint density at radius 3 is 2.58 bits per heavy atom. The number of nitrogens with zero attached hydrogens (tertiary/aromatic N) is 1. The lowest BCUT2D eigenvalue weighted by Gasteiger charge is -2.08. The van der Waals surface area contributed by atoms with Crippen LogP contribution in [0.1, 0.15) is 15.9 Å². The largest absolute Gasteiger partial charge is 0.872 e. The Balaban J connectivity index is 2.15. The molecule has 0 unspecified atom stereocenters. The van der Waals surface area contributed by atoms with Crippen LogP contribution in [0.4, 0.5) is 5.69 Å². The van der Waals surface area contributed by atoms with Gasteiger partial charge in [-0.1, -0.05) is 42.1 Å². The molecule has 0 spiro atoms. The van der Waals surface area contributed by atoms with Crippen LogP contribution < -0.4 is 10.5 Å². The van der Waals surface area contributed by atoms with E-state index >= 15 is 0 Å². The SMILES string of the molecule is O=C(O)c1ccccc1N/N=C/c1ccccc1[O-]. The molecule has 0 aliphatic heterocycles. The number of nitrogens with one attached hydrogen (secondary N) is 1. The Bertz CT molecular complexity index is 624. The molecule has 96 valence electrons. The predicted octanol–water partition coefficient (Wildman–Crippen LogP) is 1.90. The number of hydrogen-bond acceptors (Lipinski definition) is 4. The van der Waals surface area contributed by atoms with Gasteiger partial charge in [0.1, 0.15) is 0 Å². The highest BCUT2D eigenvalue weighted by atomic mass is 16.4. The monoisotopic (exact) mass is 255 g/mol. The predicted molar refractivity (Wildman–Crippen MR) is 70.5 cm³/mol. The molecule has 5 nitrogen and oxygen atoms in total. The zero-order valence-corrected chi connectivity index (χ0v) is 9.91. The van der Waals surface area contributed by atoms with Gasteiger partial charge >= 0.3 is 5.97 Å². The van der Waals surface area contributed by atoms with Gasteiger partial charge in [-0.2, -0.15) is 5.10 Å². The standard InChI is InChI=1S/C14H12N2O3/c17-13-8-4-1-5-10(13)9-15-16-12-7-3-2-6-11(12)14(18)19/h1-9,16-17H,(H,18,19)/p-1/b15-9+. The van der Waals surface area contributed by atoms with Gasteiger partial charge in [0.05, 0.1) is 17.5 Å². The molecular formula is C14H11N2O3-. The molecule has 2 aromatic carbocycles. The molecule has 0 amide bonds. The van der Waals surface area contributed by atoms with E-state index in [0.29, 0.717) is 11.3 Å². The molecule has 0 saturated heterocycles. The van der Waals surface area contributed by atoms with Gasteiger partial charge in [-0.3, -0.25) is 5.43 Å². The Labute approximate surface area is 109 Å². The van der Waals surface area contributed by atoms with E-state index in [9.17, 15) is 9.90 Å². The second-order valence-electron chi connectivity index (χ2n) is 3.76. The third-order valence-corrected chi connectivity index (χ3v) is 2.47. The number of carboxylic acid groups (broad SMARTS) is 1. The maximum absolute atomic E-state index is 11.4. The first-order chi connectivity index (χ1) is 9.18. The molecule has 0 heterocycles. The van der Waals surface area contributed by atoms with Crippen molar-refractivity contribution in [2.75, 3.05) is 5.43 Å². The summed E-state index contributed by atoms with van der Waals surface area (Å²) in [5.74, 6) is -1.18. The van der Waals surface area contributed by atoms with Gasteiger partial charge < -0.3 is 10.2 Å². The van der Waals surface area contributed by atoms with Crippen molar-refractivity contribution in [2.45, 2.75) is 0 Å². The molecule has 0 atom stereocenters. The van der Waals surface area contributed by atoms with Crippen molar-refractivity contribution in [1.29, 1.82) is 0 Å². The first-order valence-corrected chi connectivity index (χ1v) is 5.56. The zero-order valence-electron chi connectivity index (χ0n) is 9.91. The Kier molecular flexibility index (Phi) is 3.78. The fourth-order valence-corrected chi connectivity index (χ4v) is 1.53. The highest BCUT2D eigenvalue weighted by Crippen LogP contribution is 2.15. The summed E-state index contributed by atoms with van der Waals surface area (Å²) >= 11 is 0. The third kappa shape index (κ3) is 3.10.